The van der Waals surface area contributed by atoms with E-state index in [4.69, 9.17) is 4.98 Å². The fourth-order valence-electron chi connectivity index (χ4n) is 2.74. The van der Waals surface area contributed by atoms with Crippen molar-refractivity contribution in [3.8, 4) is 0 Å². The zero-order valence-corrected chi connectivity index (χ0v) is 13.5. The van der Waals surface area contributed by atoms with Crippen LogP contribution in [0.1, 0.15) is 26.2 Å². The molecule has 3 rings (SSSR count). The first-order valence-corrected chi connectivity index (χ1v) is 9.10. The second-order valence-corrected chi connectivity index (χ2v) is 6.66. The van der Waals surface area contributed by atoms with Gasteiger partial charge in [-0.05, 0) is 31.9 Å². The lowest BCUT2D eigenvalue weighted by molar-refractivity contribution is 0.768. The summed E-state index contributed by atoms with van der Waals surface area (Å²) in [6.45, 7) is 7.09. The molecule has 7 heteroatoms. The third-order valence-corrected chi connectivity index (χ3v) is 4.89. The molecule has 0 atom stereocenters. The van der Waals surface area contributed by atoms with E-state index >= 15 is 0 Å². The van der Waals surface area contributed by atoms with Crippen LogP contribution < -0.4 is 15.1 Å². The SMILES string of the molecule is CCNc1nc(N2CCCC2)nc(N2CCCSCC2)n1. The number of nitrogens with one attached hydrogen (secondary N) is 1. The Balaban J connectivity index is 1.86. The molecular formula is C14H24N6S. The quantitative estimate of drug-likeness (QED) is 0.911. The molecule has 1 N–H and O–H groups in total. The first kappa shape index (κ1) is 14.7. The Hall–Kier alpha value is -1.24. The third-order valence-electron chi connectivity index (χ3n) is 3.84. The maximum absolute atomic E-state index is 4.74. The fraction of sp³-hybridized carbons (Fsp3) is 0.786. The maximum atomic E-state index is 4.74. The van der Waals surface area contributed by atoms with Crippen molar-refractivity contribution in [2.45, 2.75) is 26.2 Å². The van der Waals surface area contributed by atoms with Crippen LogP contribution in [-0.2, 0) is 0 Å². The summed E-state index contributed by atoms with van der Waals surface area (Å²) < 4.78 is 0. The summed E-state index contributed by atoms with van der Waals surface area (Å²) in [5.41, 5.74) is 0. The van der Waals surface area contributed by atoms with E-state index in [9.17, 15) is 0 Å². The summed E-state index contributed by atoms with van der Waals surface area (Å²) in [4.78, 5) is 18.5. The van der Waals surface area contributed by atoms with Crippen LogP contribution in [0.3, 0.4) is 0 Å². The smallest absolute Gasteiger partial charge is 0.231 e. The molecular weight excluding hydrogens is 284 g/mol. The third kappa shape index (κ3) is 3.70. The van der Waals surface area contributed by atoms with E-state index in [1.54, 1.807) is 0 Å². The molecule has 6 nitrogen and oxygen atoms in total. The first-order chi connectivity index (χ1) is 10.4. The molecule has 0 bridgehead atoms. The molecule has 1 aromatic rings. The summed E-state index contributed by atoms with van der Waals surface area (Å²) in [6.07, 6.45) is 3.67. The van der Waals surface area contributed by atoms with Gasteiger partial charge in [0.25, 0.3) is 0 Å². The minimum absolute atomic E-state index is 0.710. The minimum Gasteiger partial charge on any atom is -0.354 e. The normalized spacial score (nSPS) is 19.7. The Kier molecular flexibility index (Phi) is 5.00. The highest BCUT2D eigenvalue weighted by molar-refractivity contribution is 7.99. The number of rotatable bonds is 4. The second kappa shape index (κ2) is 7.15. The molecule has 2 saturated heterocycles. The van der Waals surface area contributed by atoms with Gasteiger partial charge in [-0.15, -0.1) is 0 Å². The van der Waals surface area contributed by atoms with Crippen LogP contribution >= 0.6 is 11.8 Å². The number of hydrogen-bond acceptors (Lipinski definition) is 7. The van der Waals surface area contributed by atoms with Gasteiger partial charge < -0.3 is 15.1 Å². The maximum Gasteiger partial charge on any atom is 0.231 e. The van der Waals surface area contributed by atoms with Gasteiger partial charge in [-0.3, -0.25) is 0 Å². The fourth-order valence-corrected chi connectivity index (χ4v) is 3.62. The van der Waals surface area contributed by atoms with E-state index in [1.165, 1.54) is 25.0 Å². The van der Waals surface area contributed by atoms with Gasteiger partial charge in [0.1, 0.15) is 0 Å². The molecule has 2 fully saturated rings. The minimum atomic E-state index is 0.710. The van der Waals surface area contributed by atoms with E-state index in [0.29, 0.717) is 5.95 Å². The summed E-state index contributed by atoms with van der Waals surface area (Å²) in [5, 5.41) is 3.25. The Bertz CT molecular complexity index is 455. The number of nitrogens with zero attached hydrogens (tertiary/aromatic N) is 5. The molecule has 0 amide bonds. The van der Waals surface area contributed by atoms with E-state index in [0.717, 1.165) is 50.4 Å². The van der Waals surface area contributed by atoms with Gasteiger partial charge in [-0.25, -0.2) is 0 Å². The number of aromatic nitrogens is 3. The van der Waals surface area contributed by atoms with Crippen molar-refractivity contribution in [1.82, 2.24) is 15.0 Å². The Morgan fingerprint density at radius 3 is 2.29 bits per heavy atom. The van der Waals surface area contributed by atoms with Crippen molar-refractivity contribution in [2.24, 2.45) is 0 Å². The zero-order valence-electron chi connectivity index (χ0n) is 12.7. The van der Waals surface area contributed by atoms with Gasteiger partial charge in [0.2, 0.25) is 17.8 Å². The zero-order chi connectivity index (χ0) is 14.5. The van der Waals surface area contributed by atoms with Crippen LogP contribution in [0.5, 0.6) is 0 Å². The number of anilines is 3. The van der Waals surface area contributed by atoms with E-state index < -0.39 is 0 Å². The van der Waals surface area contributed by atoms with Crippen molar-refractivity contribution in [1.29, 1.82) is 0 Å². The van der Waals surface area contributed by atoms with Crippen LogP contribution in [0.15, 0.2) is 0 Å². The molecule has 0 radical (unpaired) electrons. The Morgan fingerprint density at radius 2 is 1.57 bits per heavy atom. The summed E-state index contributed by atoms with van der Waals surface area (Å²) >= 11 is 2.02. The van der Waals surface area contributed by atoms with Crippen molar-refractivity contribution < 1.29 is 0 Å². The largest absolute Gasteiger partial charge is 0.354 e. The van der Waals surface area contributed by atoms with Crippen molar-refractivity contribution >= 4 is 29.6 Å². The van der Waals surface area contributed by atoms with Gasteiger partial charge in [0.05, 0.1) is 0 Å². The average Bonchev–Trinajstić information content (AvgIpc) is 2.90. The molecule has 0 saturated carbocycles. The predicted octanol–water partition coefficient (Wildman–Crippen LogP) is 1.85. The van der Waals surface area contributed by atoms with Crippen LogP contribution in [0.25, 0.3) is 0 Å². The van der Waals surface area contributed by atoms with Gasteiger partial charge in [-0.1, -0.05) is 0 Å². The highest BCUT2D eigenvalue weighted by Gasteiger charge is 2.20. The highest BCUT2D eigenvalue weighted by atomic mass is 32.2. The lowest BCUT2D eigenvalue weighted by Gasteiger charge is -2.23. The van der Waals surface area contributed by atoms with Crippen LogP contribution in [0.2, 0.25) is 0 Å². The van der Waals surface area contributed by atoms with E-state index in [1.807, 2.05) is 11.8 Å². The van der Waals surface area contributed by atoms with Crippen molar-refractivity contribution in [2.75, 3.05) is 59.3 Å². The predicted molar refractivity (Wildman–Crippen MR) is 89.6 cm³/mol. The monoisotopic (exact) mass is 308 g/mol. The molecule has 2 aliphatic rings. The Labute approximate surface area is 130 Å². The highest BCUT2D eigenvalue weighted by Crippen LogP contribution is 2.22. The van der Waals surface area contributed by atoms with Gasteiger partial charge in [0.15, 0.2) is 0 Å². The molecule has 2 aliphatic heterocycles. The first-order valence-electron chi connectivity index (χ1n) is 7.94. The second-order valence-electron chi connectivity index (χ2n) is 5.44. The number of thioether (sulfide) groups is 1. The molecule has 116 valence electrons. The summed E-state index contributed by atoms with van der Waals surface area (Å²) in [7, 11) is 0. The Morgan fingerprint density at radius 1 is 0.905 bits per heavy atom. The molecule has 21 heavy (non-hydrogen) atoms. The lowest BCUT2D eigenvalue weighted by Crippen LogP contribution is -2.30. The van der Waals surface area contributed by atoms with Crippen LogP contribution in [0.4, 0.5) is 17.8 Å². The molecule has 0 aliphatic carbocycles. The van der Waals surface area contributed by atoms with Gasteiger partial charge in [-0.2, -0.15) is 26.7 Å². The molecule has 0 aromatic carbocycles. The van der Waals surface area contributed by atoms with Crippen molar-refractivity contribution in [3.63, 3.8) is 0 Å². The van der Waals surface area contributed by atoms with Crippen LogP contribution in [0, 0.1) is 0 Å². The standard InChI is InChI=1S/C14H24N6S/c1-2-15-12-16-13(19-6-3-4-7-19)18-14(17-12)20-8-5-10-21-11-9-20/h2-11H2,1H3,(H,15,16,17,18). The molecule has 0 unspecified atom stereocenters. The topological polar surface area (TPSA) is 57.2 Å². The molecule has 0 spiro atoms. The van der Waals surface area contributed by atoms with Gasteiger partial charge in [0, 0.05) is 38.5 Å². The lowest BCUT2D eigenvalue weighted by atomic mass is 10.4. The molecule has 1 aromatic heterocycles. The summed E-state index contributed by atoms with van der Waals surface area (Å²) in [6, 6.07) is 0. The van der Waals surface area contributed by atoms with E-state index in [-0.39, 0.29) is 0 Å². The average molecular weight is 308 g/mol. The van der Waals surface area contributed by atoms with E-state index in [2.05, 4.69) is 32.0 Å². The van der Waals surface area contributed by atoms with Crippen LogP contribution in [-0.4, -0.2) is 59.2 Å². The van der Waals surface area contributed by atoms with Crippen molar-refractivity contribution in [3.05, 3.63) is 0 Å². The summed E-state index contributed by atoms with van der Waals surface area (Å²) in [5.74, 6) is 4.78. The van der Waals surface area contributed by atoms with Gasteiger partial charge >= 0.3 is 0 Å². The number of hydrogen-bond donors (Lipinski definition) is 1. The molecule has 3 heterocycles.